The van der Waals surface area contributed by atoms with E-state index in [1.165, 1.54) is 29.4 Å². The van der Waals surface area contributed by atoms with Gasteiger partial charge in [0.25, 0.3) is 0 Å². The first-order chi connectivity index (χ1) is 9.34. The molecular formula is C15H23INO2+. The molecule has 0 unspecified atom stereocenters. The van der Waals surface area contributed by atoms with Gasteiger partial charge in [0.2, 0.25) is 0 Å². The third kappa shape index (κ3) is 6.10. The zero-order valence-electron chi connectivity index (χ0n) is 11.3. The Kier molecular flexibility index (Phi) is 6.95. The van der Waals surface area contributed by atoms with Crippen LogP contribution >= 0.6 is 22.6 Å². The van der Waals surface area contributed by atoms with Crippen LogP contribution in [-0.4, -0.2) is 32.4 Å². The molecule has 0 bridgehead atoms. The van der Waals surface area contributed by atoms with E-state index in [-0.39, 0.29) is 0 Å². The van der Waals surface area contributed by atoms with Gasteiger partial charge in [0.05, 0.1) is 13.2 Å². The molecule has 106 valence electrons. The van der Waals surface area contributed by atoms with E-state index < -0.39 is 0 Å². The molecule has 0 radical (unpaired) electrons. The Morgan fingerprint density at radius 2 is 2.11 bits per heavy atom. The van der Waals surface area contributed by atoms with Crippen LogP contribution in [0.25, 0.3) is 0 Å². The number of quaternary nitrogens is 1. The lowest BCUT2D eigenvalue weighted by Gasteiger charge is -2.08. The van der Waals surface area contributed by atoms with Gasteiger partial charge in [-0.05, 0) is 72.5 Å². The average molecular weight is 376 g/mol. The van der Waals surface area contributed by atoms with Gasteiger partial charge in [-0.15, -0.1) is 0 Å². The maximum atomic E-state index is 5.70. The standard InChI is InChI=1S/C15H22INO2/c16-13-5-7-14(8-6-13)18-10-2-1-9-17-12-15-4-3-11-19-15/h5-8,15,17H,1-4,9-12H2/p+1/t15-/m1/s1. The summed E-state index contributed by atoms with van der Waals surface area (Å²) < 4.78 is 12.5. The molecule has 19 heavy (non-hydrogen) atoms. The summed E-state index contributed by atoms with van der Waals surface area (Å²) in [7, 11) is 0. The largest absolute Gasteiger partial charge is 0.494 e. The first kappa shape index (κ1) is 15.1. The third-order valence-electron chi connectivity index (χ3n) is 3.34. The predicted octanol–water partition coefficient (Wildman–Crippen LogP) is 2.19. The van der Waals surface area contributed by atoms with Crippen LogP contribution in [0.4, 0.5) is 0 Å². The van der Waals surface area contributed by atoms with Crippen molar-refractivity contribution in [1.29, 1.82) is 0 Å². The van der Waals surface area contributed by atoms with Crippen LogP contribution in [0.5, 0.6) is 5.75 Å². The summed E-state index contributed by atoms with van der Waals surface area (Å²) in [5.41, 5.74) is 0. The maximum Gasteiger partial charge on any atom is 0.119 e. The minimum atomic E-state index is 0.503. The van der Waals surface area contributed by atoms with Gasteiger partial charge in [-0.3, -0.25) is 0 Å². The molecule has 0 aromatic heterocycles. The fraction of sp³-hybridized carbons (Fsp3) is 0.600. The fourth-order valence-electron chi connectivity index (χ4n) is 2.25. The summed E-state index contributed by atoms with van der Waals surface area (Å²) in [4.78, 5) is 0. The maximum absolute atomic E-state index is 5.70. The highest BCUT2D eigenvalue weighted by Crippen LogP contribution is 2.13. The first-order valence-electron chi connectivity index (χ1n) is 7.16. The van der Waals surface area contributed by atoms with Crippen molar-refractivity contribution in [3.05, 3.63) is 27.8 Å². The third-order valence-corrected chi connectivity index (χ3v) is 4.06. The number of hydrogen-bond acceptors (Lipinski definition) is 2. The molecule has 0 saturated carbocycles. The van der Waals surface area contributed by atoms with E-state index in [1.54, 1.807) is 0 Å². The van der Waals surface area contributed by atoms with Gasteiger partial charge in [0.1, 0.15) is 18.4 Å². The lowest BCUT2D eigenvalue weighted by Crippen LogP contribution is -2.86. The molecule has 2 rings (SSSR count). The van der Waals surface area contributed by atoms with Crippen LogP contribution in [0.1, 0.15) is 25.7 Å². The molecule has 1 aliphatic rings. The Morgan fingerprint density at radius 3 is 2.84 bits per heavy atom. The molecule has 0 amide bonds. The topological polar surface area (TPSA) is 35.1 Å². The molecule has 0 spiro atoms. The minimum absolute atomic E-state index is 0.503. The van der Waals surface area contributed by atoms with Crippen molar-refractivity contribution in [1.82, 2.24) is 0 Å². The lowest BCUT2D eigenvalue weighted by atomic mass is 10.2. The van der Waals surface area contributed by atoms with Crippen molar-refractivity contribution >= 4 is 22.6 Å². The van der Waals surface area contributed by atoms with E-state index in [1.807, 2.05) is 12.1 Å². The van der Waals surface area contributed by atoms with Crippen LogP contribution in [0.15, 0.2) is 24.3 Å². The second kappa shape index (κ2) is 8.76. The number of hydrogen-bond donors (Lipinski definition) is 1. The molecule has 3 nitrogen and oxygen atoms in total. The Hall–Kier alpha value is -0.330. The molecular weight excluding hydrogens is 353 g/mol. The lowest BCUT2D eigenvalue weighted by molar-refractivity contribution is -0.661. The van der Waals surface area contributed by atoms with Gasteiger partial charge in [-0.2, -0.15) is 0 Å². The average Bonchev–Trinajstić information content (AvgIpc) is 2.93. The summed E-state index contributed by atoms with van der Waals surface area (Å²) in [5, 5.41) is 2.38. The van der Waals surface area contributed by atoms with E-state index >= 15 is 0 Å². The molecule has 1 heterocycles. The van der Waals surface area contributed by atoms with Crippen LogP contribution in [0.3, 0.4) is 0 Å². The molecule has 1 saturated heterocycles. The van der Waals surface area contributed by atoms with Gasteiger partial charge in [0.15, 0.2) is 0 Å². The number of unbranched alkanes of at least 4 members (excludes halogenated alkanes) is 1. The Morgan fingerprint density at radius 1 is 1.26 bits per heavy atom. The minimum Gasteiger partial charge on any atom is -0.494 e. The number of nitrogens with two attached hydrogens (primary N) is 1. The Balaban J connectivity index is 1.44. The SMILES string of the molecule is Ic1ccc(OCCCC[NH2+]C[C@H]2CCCO2)cc1. The Bertz CT molecular complexity index is 350. The van der Waals surface area contributed by atoms with Crippen LogP contribution in [-0.2, 0) is 4.74 Å². The zero-order chi connectivity index (χ0) is 13.3. The zero-order valence-corrected chi connectivity index (χ0v) is 13.5. The summed E-state index contributed by atoms with van der Waals surface area (Å²) >= 11 is 2.30. The number of halogens is 1. The van der Waals surface area contributed by atoms with Crippen molar-refractivity contribution in [2.75, 3.05) is 26.3 Å². The van der Waals surface area contributed by atoms with Crippen LogP contribution < -0.4 is 10.1 Å². The molecule has 0 aliphatic carbocycles. The van der Waals surface area contributed by atoms with Crippen molar-refractivity contribution in [2.24, 2.45) is 0 Å². The van der Waals surface area contributed by atoms with E-state index in [0.717, 1.165) is 31.9 Å². The highest BCUT2D eigenvalue weighted by Gasteiger charge is 2.16. The first-order valence-corrected chi connectivity index (χ1v) is 8.24. The van der Waals surface area contributed by atoms with Gasteiger partial charge >= 0.3 is 0 Å². The monoisotopic (exact) mass is 376 g/mol. The quantitative estimate of drug-likeness (QED) is 0.558. The van der Waals surface area contributed by atoms with Crippen molar-refractivity contribution in [2.45, 2.75) is 31.8 Å². The highest BCUT2D eigenvalue weighted by molar-refractivity contribution is 14.1. The van der Waals surface area contributed by atoms with Crippen molar-refractivity contribution < 1.29 is 14.8 Å². The molecule has 1 aliphatic heterocycles. The number of benzene rings is 1. The second-order valence-electron chi connectivity index (χ2n) is 4.96. The molecule has 4 heteroatoms. The molecule has 1 aromatic rings. The van der Waals surface area contributed by atoms with Gasteiger partial charge in [-0.1, -0.05) is 0 Å². The highest BCUT2D eigenvalue weighted by atomic mass is 127. The molecule has 2 N–H and O–H groups in total. The second-order valence-corrected chi connectivity index (χ2v) is 6.20. The molecule has 1 atom stereocenters. The van der Waals surface area contributed by atoms with E-state index in [2.05, 4.69) is 40.0 Å². The summed E-state index contributed by atoms with van der Waals surface area (Å²) in [5.74, 6) is 0.976. The molecule has 1 aromatic carbocycles. The van der Waals surface area contributed by atoms with Crippen molar-refractivity contribution in [3.63, 3.8) is 0 Å². The number of ether oxygens (including phenoxy) is 2. The van der Waals surface area contributed by atoms with Crippen LogP contribution in [0.2, 0.25) is 0 Å². The van der Waals surface area contributed by atoms with Crippen LogP contribution in [0, 0.1) is 3.57 Å². The summed E-state index contributed by atoms with van der Waals surface area (Å²) in [6, 6.07) is 8.22. The summed E-state index contributed by atoms with van der Waals surface area (Å²) in [6.45, 7) is 4.07. The fourth-order valence-corrected chi connectivity index (χ4v) is 2.61. The van der Waals surface area contributed by atoms with E-state index in [9.17, 15) is 0 Å². The Labute approximate surface area is 129 Å². The van der Waals surface area contributed by atoms with E-state index in [4.69, 9.17) is 9.47 Å². The van der Waals surface area contributed by atoms with Crippen molar-refractivity contribution in [3.8, 4) is 5.75 Å². The van der Waals surface area contributed by atoms with E-state index in [0.29, 0.717) is 6.10 Å². The summed E-state index contributed by atoms with van der Waals surface area (Å²) in [6.07, 6.45) is 5.31. The molecule has 1 fully saturated rings. The normalized spacial score (nSPS) is 18.7. The van der Waals surface area contributed by atoms with Gasteiger partial charge in [-0.25, -0.2) is 0 Å². The van der Waals surface area contributed by atoms with Gasteiger partial charge in [0, 0.05) is 10.2 Å². The smallest absolute Gasteiger partial charge is 0.119 e. The van der Waals surface area contributed by atoms with Gasteiger partial charge < -0.3 is 14.8 Å². The predicted molar refractivity (Wildman–Crippen MR) is 84.5 cm³/mol. The number of rotatable bonds is 8.